The summed E-state index contributed by atoms with van der Waals surface area (Å²) >= 11 is 0. The molecule has 5 nitrogen and oxygen atoms in total. The van der Waals surface area contributed by atoms with E-state index in [1.807, 2.05) is 16.7 Å². The maximum absolute atomic E-state index is 14.4. The van der Waals surface area contributed by atoms with Crippen molar-refractivity contribution in [3.8, 4) is 12.0 Å². The Hall–Kier alpha value is -3.46. The Bertz CT molecular complexity index is 1190. The van der Waals surface area contributed by atoms with Gasteiger partial charge in [0.05, 0.1) is 22.5 Å². The minimum atomic E-state index is -0.336. The number of aromatic nitrogens is 3. The van der Waals surface area contributed by atoms with Crippen LogP contribution in [0.15, 0.2) is 48.8 Å². The first kappa shape index (κ1) is 18.9. The summed E-state index contributed by atoms with van der Waals surface area (Å²) in [7, 11) is 0. The molecule has 146 valence electrons. The molecule has 1 aliphatic rings. The molecule has 0 N–H and O–H groups in total. The van der Waals surface area contributed by atoms with Crippen LogP contribution in [0.5, 0.6) is 0 Å². The molecule has 0 saturated heterocycles. The van der Waals surface area contributed by atoms with E-state index >= 15 is 0 Å². The van der Waals surface area contributed by atoms with Gasteiger partial charge in [0.1, 0.15) is 11.9 Å². The first-order valence-corrected chi connectivity index (χ1v) is 9.50. The van der Waals surface area contributed by atoms with E-state index in [1.165, 1.54) is 6.07 Å². The van der Waals surface area contributed by atoms with Crippen LogP contribution < -0.4 is 0 Å². The van der Waals surface area contributed by atoms with Crippen molar-refractivity contribution >= 4 is 16.6 Å². The van der Waals surface area contributed by atoms with Gasteiger partial charge < -0.3 is 4.90 Å². The molecule has 0 spiro atoms. The van der Waals surface area contributed by atoms with Crippen molar-refractivity contribution in [2.45, 2.75) is 33.2 Å². The van der Waals surface area contributed by atoms with Crippen molar-refractivity contribution in [1.82, 2.24) is 19.4 Å². The Balaban J connectivity index is 2.15. The van der Waals surface area contributed by atoms with Gasteiger partial charge in [0.2, 0.25) is 5.95 Å². The standard InChI is InChI=1S/C23H22FN5/c1-15-12-20-16(13-18(15)24)17(14-25)21(29(20)22-26-9-7-10-27-22)19-8-5-6-11-28(19)23(2,3)4/h5-10,12-13H,11H2,1-4H3. The second kappa shape index (κ2) is 6.85. The minimum absolute atomic E-state index is 0.177. The lowest BCUT2D eigenvalue weighted by molar-refractivity contribution is 0.239. The molecule has 29 heavy (non-hydrogen) atoms. The third kappa shape index (κ3) is 3.09. The number of nitriles is 1. The summed E-state index contributed by atoms with van der Waals surface area (Å²) in [6.45, 7) is 8.81. The van der Waals surface area contributed by atoms with Crippen LogP contribution in [0.4, 0.5) is 4.39 Å². The van der Waals surface area contributed by atoms with E-state index in [-0.39, 0.29) is 11.4 Å². The van der Waals surface area contributed by atoms with Gasteiger partial charge in [0, 0.05) is 29.9 Å². The number of fused-ring (bicyclic) bond motifs is 1. The SMILES string of the molecule is Cc1cc2c(cc1F)c(C#N)c(C1=CC=CCN1C(C)(C)C)n2-c1ncccn1. The largest absolute Gasteiger partial charge is 0.361 e. The Morgan fingerprint density at radius 3 is 2.55 bits per heavy atom. The molecule has 0 fully saturated rings. The maximum Gasteiger partial charge on any atom is 0.234 e. The Morgan fingerprint density at radius 1 is 1.17 bits per heavy atom. The van der Waals surface area contributed by atoms with Gasteiger partial charge in [-0.05, 0) is 57.5 Å². The van der Waals surface area contributed by atoms with Crippen LogP contribution in [-0.2, 0) is 0 Å². The first-order chi connectivity index (χ1) is 13.8. The average molecular weight is 387 g/mol. The topological polar surface area (TPSA) is 57.7 Å². The van der Waals surface area contributed by atoms with Crippen molar-refractivity contribution in [2.75, 3.05) is 6.54 Å². The molecule has 0 saturated carbocycles. The van der Waals surface area contributed by atoms with E-state index in [2.05, 4.69) is 47.8 Å². The number of hydrogen-bond donors (Lipinski definition) is 0. The fourth-order valence-electron chi connectivity index (χ4n) is 3.74. The van der Waals surface area contributed by atoms with Gasteiger partial charge in [0.25, 0.3) is 0 Å². The van der Waals surface area contributed by atoms with Crippen LogP contribution in [0.25, 0.3) is 22.5 Å². The van der Waals surface area contributed by atoms with Gasteiger partial charge in [-0.3, -0.25) is 4.57 Å². The second-order valence-electron chi connectivity index (χ2n) is 8.10. The van der Waals surface area contributed by atoms with Gasteiger partial charge in [0.15, 0.2) is 0 Å². The molecule has 0 atom stereocenters. The average Bonchev–Trinajstić information content (AvgIpc) is 3.01. The Labute approximate surface area is 169 Å². The highest BCUT2D eigenvalue weighted by Crippen LogP contribution is 2.38. The van der Waals surface area contributed by atoms with Crippen LogP contribution >= 0.6 is 0 Å². The van der Waals surface area contributed by atoms with E-state index in [4.69, 9.17) is 0 Å². The monoisotopic (exact) mass is 387 g/mol. The number of nitrogens with zero attached hydrogens (tertiary/aromatic N) is 5. The van der Waals surface area contributed by atoms with E-state index in [0.29, 0.717) is 40.2 Å². The van der Waals surface area contributed by atoms with E-state index in [0.717, 1.165) is 5.70 Å². The molecule has 0 radical (unpaired) electrons. The highest BCUT2D eigenvalue weighted by atomic mass is 19.1. The predicted molar refractivity (Wildman–Crippen MR) is 112 cm³/mol. The molecule has 0 bridgehead atoms. The smallest absolute Gasteiger partial charge is 0.234 e. The number of halogens is 1. The Kier molecular flexibility index (Phi) is 4.46. The number of rotatable bonds is 2. The summed E-state index contributed by atoms with van der Waals surface area (Å²) in [5.74, 6) is 0.112. The number of aryl methyl sites for hydroxylation is 1. The lowest BCUT2D eigenvalue weighted by Crippen LogP contribution is -2.41. The third-order valence-corrected chi connectivity index (χ3v) is 5.13. The molecule has 6 heteroatoms. The van der Waals surface area contributed by atoms with Crippen molar-refractivity contribution < 1.29 is 4.39 Å². The van der Waals surface area contributed by atoms with Crippen molar-refractivity contribution in [1.29, 1.82) is 5.26 Å². The van der Waals surface area contributed by atoms with Gasteiger partial charge in [-0.1, -0.05) is 12.2 Å². The Morgan fingerprint density at radius 2 is 1.90 bits per heavy atom. The molecule has 2 aromatic heterocycles. The van der Waals surface area contributed by atoms with Crippen LogP contribution in [0.3, 0.4) is 0 Å². The lowest BCUT2D eigenvalue weighted by Gasteiger charge is -2.40. The molecule has 1 aromatic carbocycles. The quantitative estimate of drug-likeness (QED) is 0.637. The zero-order valence-electron chi connectivity index (χ0n) is 16.9. The predicted octanol–water partition coefficient (Wildman–Crippen LogP) is 4.75. The molecule has 3 aromatic rings. The third-order valence-electron chi connectivity index (χ3n) is 5.13. The first-order valence-electron chi connectivity index (χ1n) is 9.50. The summed E-state index contributed by atoms with van der Waals surface area (Å²) < 4.78 is 16.3. The summed E-state index contributed by atoms with van der Waals surface area (Å²) in [5, 5.41) is 10.6. The van der Waals surface area contributed by atoms with Gasteiger partial charge in [-0.15, -0.1) is 0 Å². The molecular formula is C23H22FN5. The molecule has 3 heterocycles. The van der Waals surface area contributed by atoms with E-state index < -0.39 is 0 Å². The molecular weight excluding hydrogens is 365 g/mol. The zero-order chi connectivity index (χ0) is 20.8. The molecule has 4 rings (SSSR count). The fourth-order valence-corrected chi connectivity index (χ4v) is 3.74. The van der Waals surface area contributed by atoms with Gasteiger partial charge in [-0.25, -0.2) is 14.4 Å². The van der Waals surface area contributed by atoms with Crippen LogP contribution in [-0.4, -0.2) is 31.5 Å². The van der Waals surface area contributed by atoms with Gasteiger partial charge in [-0.2, -0.15) is 5.26 Å². The lowest BCUT2D eigenvalue weighted by atomic mass is 10.00. The van der Waals surface area contributed by atoms with Crippen LogP contribution in [0.2, 0.25) is 0 Å². The normalized spacial score (nSPS) is 14.2. The molecule has 1 aliphatic heterocycles. The maximum atomic E-state index is 14.4. The molecule has 0 aliphatic carbocycles. The van der Waals surface area contributed by atoms with Gasteiger partial charge >= 0.3 is 0 Å². The summed E-state index contributed by atoms with van der Waals surface area (Å²) in [6, 6.07) is 7.25. The van der Waals surface area contributed by atoms with Crippen molar-refractivity contribution in [3.63, 3.8) is 0 Å². The van der Waals surface area contributed by atoms with Crippen molar-refractivity contribution in [3.05, 3.63) is 71.5 Å². The number of benzene rings is 1. The molecule has 0 amide bonds. The van der Waals surface area contributed by atoms with Crippen molar-refractivity contribution in [2.24, 2.45) is 0 Å². The highest BCUT2D eigenvalue weighted by Gasteiger charge is 2.31. The highest BCUT2D eigenvalue weighted by molar-refractivity contribution is 5.94. The minimum Gasteiger partial charge on any atom is -0.361 e. The number of allylic oxidation sites excluding steroid dienone is 2. The van der Waals surface area contributed by atoms with Crippen LogP contribution in [0, 0.1) is 24.1 Å². The summed E-state index contributed by atoms with van der Waals surface area (Å²) in [4.78, 5) is 11.1. The fraction of sp³-hybridized carbons (Fsp3) is 0.261. The summed E-state index contributed by atoms with van der Waals surface area (Å²) in [6.07, 6.45) is 9.38. The van der Waals surface area contributed by atoms with Crippen LogP contribution in [0.1, 0.15) is 37.6 Å². The summed E-state index contributed by atoms with van der Waals surface area (Å²) in [5.41, 5.74) is 3.03. The zero-order valence-corrected chi connectivity index (χ0v) is 16.9. The second-order valence-corrected chi connectivity index (χ2v) is 8.10. The number of hydrogen-bond acceptors (Lipinski definition) is 4. The molecule has 0 unspecified atom stereocenters. The van der Waals surface area contributed by atoms with E-state index in [1.54, 1.807) is 31.5 Å². The van der Waals surface area contributed by atoms with E-state index in [9.17, 15) is 9.65 Å².